The monoisotopic (exact) mass is 259 g/mol. The lowest BCUT2D eigenvalue weighted by Gasteiger charge is -2.07. The first-order chi connectivity index (χ1) is 8.01. The van der Waals surface area contributed by atoms with Gasteiger partial charge in [-0.2, -0.15) is 4.98 Å². The number of hydrogen-bond donors (Lipinski definition) is 3. The Labute approximate surface area is 101 Å². The Hall–Kier alpha value is -1.41. The number of hydrogen-bond acceptors (Lipinski definition) is 6. The van der Waals surface area contributed by atoms with Gasteiger partial charge in [-0.25, -0.2) is 18.1 Å². The lowest BCUT2D eigenvalue weighted by atomic mass is 10.5. The van der Waals surface area contributed by atoms with Crippen molar-refractivity contribution < 1.29 is 8.42 Å². The molecule has 7 nitrogen and oxygen atoms in total. The van der Waals surface area contributed by atoms with Crippen LogP contribution in [-0.4, -0.2) is 44.3 Å². The van der Waals surface area contributed by atoms with Gasteiger partial charge in [-0.1, -0.05) is 0 Å². The van der Waals surface area contributed by atoms with Crippen LogP contribution in [0.2, 0.25) is 0 Å². The summed E-state index contributed by atoms with van der Waals surface area (Å²) in [6.45, 7) is 3.49. The van der Waals surface area contributed by atoms with Gasteiger partial charge in [-0.3, -0.25) is 0 Å². The largest absolute Gasteiger partial charge is 0.370 e. The molecule has 0 spiro atoms. The van der Waals surface area contributed by atoms with E-state index in [1.165, 1.54) is 0 Å². The van der Waals surface area contributed by atoms with Crippen LogP contribution >= 0.6 is 0 Å². The summed E-state index contributed by atoms with van der Waals surface area (Å²) in [5.41, 5.74) is 0. The summed E-state index contributed by atoms with van der Waals surface area (Å²) in [4.78, 5) is 8.20. The number of nitrogens with zero attached hydrogens (tertiary/aromatic N) is 2. The minimum atomic E-state index is -3.14. The van der Waals surface area contributed by atoms with Gasteiger partial charge in [0.2, 0.25) is 16.0 Å². The standard InChI is InChI=1S/C9H17N5O2S/c1-3-10-8-4-5-11-9(14-8)12-6-7-13-17(2,15)16/h4-5,13H,3,6-7H2,1-2H3,(H2,10,11,12,14). The molecule has 0 aliphatic rings. The van der Waals surface area contributed by atoms with E-state index in [0.29, 0.717) is 19.0 Å². The molecule has 0 unspecified atom stereocenters. The molecule has 96 valence electrons. The van der Waals surface area contributed by atoms with E-state index < -0.39 is 10.0 Å². The third-order valence-corrected chi connectivity index (χ3v) is 2.51. The minimum Gasteiger partial charge on any atom is -0.370 e. The van der Waals surface area contributed by atoms with Crippen LogP contribution in [0.3, 0.4) is 0 Å². The second kappa shape index (κ2) is 6.36. The lowest BCUT2D eigenvalue weighted by molar-refractivity contribution is 0.589. The summed E-state index contributed by atoms with van der Waals surface area (Å²) in [6.07, 6.45) is 2.76. The summed E-state index contributed by atoms with van der Waals surface area (Å²) in [5, 5.41) is 5.99. The Balaban J connectivity index is 2.38. The molecule has 8 heteroatoms. The van der Waals surface area contributed by atoms with Crippen molar-refractivity contribution in [2.75, 3.05) is 36.5 Å². The molecule has 0 aromatic carbocycles. The highest BCUT2D eigenvalue weighted by atomic mass is 32.2. The third kappa shape index (κ3) is 6.03. The number of aromatic nitrogens is 2. The van der Waals surface area contributed by atoms with Gasteiger partial charge in [-0.15, -0.1) is 0 Å². The first kappa shape index (κ1) is 13.7. The molecule has 0 atom stereocenters. The first-order valence-corrected chi connectivity index (χ1v) is 7.16. The van der Waals surface area contributed by atoms with E-state index in [4.69, 9.17) is 0 Å². The van der Waals surface area contributed by atoms with E-state index in [0.717, 1.165) is 18.6 Å². The Bertz CT molecular complexity index is 448. The highest BCUT2D eigenvalue weighted by molar-refractivity contribution is 7.88. The minimum absolute atomic E-state index is 0.299. The average molecular weight is 259 g/mol. The number of rotatable bonds is 7. The maximum Gasteiger partial charge on any atom is 0.224 e. The topological polar surface area (TPSA) is 96.0 Å². The maximum absolute atomic E-state index is 10.8. The normalized spacial score (nSPS) is 11.2. The van der Waals surface area contributed by atoms with E-state index >= 15 is 0 Å². The van der Waals surface area contributed by atoms with Gasteiger partial charge in [0.25, 0.3) is 0 Å². The predicted molar refractivity (Wildman–Crippen MR) is 67.5 cm³/mol. The molecule has 3 N–H and O–H groups in total. The fraction of sp³-hybridized carbons (Fsp3) is 0.556. The van der Waals surface area contributed by atoms with E-state index in [9.17, 15) is 8.42 Å². The van der Waals surface area contributed by atoms with Crippen LogP contribution in [-0.2, 0) is 10.0 Å². The highest BCUT2D eigenvalue weighted by Gasteiger charge is 2.00. The SMILES string of the molecule is CCNc1ccnc(NCCNS(C)(=O)=O)n1. The summed E-state index contributed by atoms with van der Waals surface area (Å²) < 4.78 is 24.0. The van der Waals surface area contributed by atoms with Gasteiger partial charge in [0.15, 0.2) is 0 Å². The fourth-order valence-electron chi connectivity index (χ4n) is 1.13. The molecule has 0 radical (unpaired) electrons. The molecule has 0 saturated carbocycles. The predicted octanol–water partition coefficient (Wildman–Crippen LogP) is -0.131. The van der Waals surface area contributed by atoms with Crippen molar-refractivity contribution in [3.8, 4) is 0 Å². The smallest absolute Gasteiger partial charge is 0.224 e. The molecule has 1 aromatic heterocycles. The van der Waals surface area contributed by atoms with Crippen LogP contribution in [0.25, 0.3) is 0 Å². The van der Waals surface area contributed by atoms with Crippen molar-refractivity contribution >= 4 is 21.8 Å². The van der Waals surface area contributed by atoms with Crippen LogP contribution in [0.15, 0.2) is 12.3 Å². The Kier molecular flexibility index (Phi) is 5.11. The van der Waals surface area contributed by atoms with E-state index in [2.05, 4.69) is 25.3 Å². The van der Waals surface area contributed by atoms with E-state index in [-0.39, 0.29) is 0 Å². The van der Waals surface area contributed by atoms with Gasteiger partial charge < -0.3 is 10.6 Å². The van der Waals surface area contributed by atoms with Gasteiger partial charge in [0.05, 0.1) is 6.26 Å². The fourth-order valence-corrected chi connectivity index (χ4v) is 1.61. The second-order valence-corrected chi connectivity index (χ2v) is 5.22. The molecule has 17 heavy (non-hydrogen) atoms. The molecule has 0 fully saturated rings. The Morgan fingerprint density at radius 3 is 2.71 bits per heavy atom. The first-order valence-electron chi connectivity index (χ1n) is 5.26. The molecular weight excluding hydrogens is 242 g/mol. The molecule has 0 saturated heterocycles. The van der Waals surface area contributed by atoms with Gasteiger partial charge in [0.1, 0.15) is 5.82 Å². The van der Waals surface area contributed by atoms with Crippen molar-refractivity contribution in [3.05, 3.63) is 12.3 Å². The van der Waals surface area contributed by atoms with Crippen molar-refractivity contribution in [1.82, 2.24) is 14.7 Å². The lowest BCUT2D eigenvalue weighted by Crippen LogP contribution is -2.28. The van der Waals surface area contributed by atoms with Crippen molar-refractivity contribution in [3.63, 3.8) is 0 Å². The molecule has 0 aliphatic heterocycles. The molecule has 1 heterocycles. The van der Waals surface area contributed by atoms with Gasteiger partial charge in [-0.05, 0) is 13.0 Å². The zero-order chi connectivity index (χ0) is 12.7. The molecule has 1 aromatic rings. The third-order valence-electron chi connectivity index (χ3n) is 1.79. The Morgan fingerprint density at radius 2 is 2.06 bits per heavy atom. The zero-order valence-electron chi connectivity index (χ0n) is 9.90. The summed E-state index contributed by atoms with van der Waals surface area (Å²) in [6, 6.07) is 1.77. The number of sulfonamides is 1. The molecular formula is C9H17N5O2S. The number of nitrogens with one attached hydrogen (secondary N) is 3. The van der Waals surface area contributed by atoms with Crippen LogP contribution in [0, 0.1) is 0 Å². The Morgan fingerprint density at radius 1 is 1.29 bits per heavy atom. The maximum atomic E-state index is 10.8. The zero-order valence-corrected chi connectivity index (χ0v) is 10.7. The van der Waals surface area contributed by atoms with Crippen LogP contribution in [0.4, 0.5) is 11.8 Å². The van der Waals surface area contributed by atoms with Crippen LogP contribution in [0.5, 0.6) is 0 Å². The van der Waals surface area contributed by atoms with E-state index in [1.54, 1.807) is 12.3 Å². The molecule has 0 bridgehead atoms. The van der Waals surface area contributed by atoms with Crippen LogP contribution < -0.4 is 15.4 Å². The summed E-state index contributed by atoms with van der Waals surface area (Å²) in [7, 11) is -3.14. The quantitative estimate of drug-likeness (QED) is 0.590. The molecule has 0 aliphatic carbocycles. The van der Waals surface area contributed by atoms with Crippen molar-refractivity contribution in [1.29, 1.82) is 0 Å². The average Bonchev–Trinajstić information content (AvgIpc) is 2.24. The molecule has 0 amide bonds. The van der Waals surface area contributed by atoms with Crippen molar-refractivity contribution in [2.45, 2.75) is 6.92 Å². The molecule has 1 rings (SSSR count). The van der Waals surface area contributed by atoms with Gasteiger partial charge >= 0.3 is 0 Å². The van der Waals surface area contributed by atoms with Crippen molar-refractivity contribution in [2.24, 2.45) is 0 Å². The van der Waals surface area contributed by atoms with E-state index in [1.807, 2.05) is 6.92 Å². The summed E-state index contributed by atoms with van der Waals surface area (Å²) >= 11 is 0. The second-order valence-electron chi connectivity index (χ2n) is 3.39. The summed E-state index contributed by atoms with van der Waals surface area (Å²) in [5.74, 6) is 1.21. The number of anilines is 2. The van der Waals surface area contributed by atoms with Gasteiger partial charge in [0, 0.05) is 25.8 Å². The highest BCUT2D eigenvalue weighted by Crippen LogP contribution is 2.04. The van der Waals surface area contributed by atoms with Crippen LogP contribution in [0.1, 0.15) is 6.92 Å².